The van der Waals surface area contributed by atoms with Gasteiger partial charge in [-0.05, 0) is 42.8 Å². The van der Waals surface area contributed by atoms with E-state index in [9.17, 15) is 14.4 Å². The van der Waals surface area contributed by atoms with Crippen LogP contribution in [0, 0.1) is 0 Å². The van der Waals surface area contributed by atoms with Crippen molar-refractivity contribution in [1.29, 1.82) is 0 Å². The lowest BCUT2D eigenvalue weighted by Gasteiger charge is -2.29. The molecule has 1 aliphatic rings. The largest absolute Gasteiger partial charge is 0.493 e. The monoisotopic (exact) mass is 487 g/mol. The normalized spacial score (nSPS) is 14.8. The Hall–Kier alpha value is -4.33. The van der Waals surface area contributed by atoms with Crippen molar-refractivity contribution >= 4 is 29.1 Å². The maximum absolute atomic E-state index is 13.3. The Balaban J connectivity index is 1.47. The number of methoxy groups -OCH3 is 1. The molecule has 1 heterocycles. The topological polar surface area (TPSA) is 88.2 Å². The van der Waals surface area contributed by atoms with Crippen LogP contribution in [0.5, 0.6) is 11.5 Å². The Morgan fingerprint density at radius 3 is 2.50 bits per heavy atom. The number of hydrogen-bond donors (Lipinski definition) is 1. The Bertz CT molecular complexity index is 1260. The molecule has 8 nitrogen and oxygen atoms in total. The number of anilines is 2. The summed E-state index contributed by atoms with van der Waals surface area (Å²) in [4.78, 5) is 41.6. The van der Waals surface area contributed by atoms with Crippen LogP contribution in [0.1, 0.15) is 29.3 Å². The summed E-state index contributed by atoms with van der Waals surface area (Å²) in [7, 11) is 3.09. The van der Waals surface area contributed by atoms with E-state index in [0.717, 1.165) is 5.56 Å². The van der Waals surface area contributed by atoms with Crippen molar-refractivity contribution in [3.05, 3.63) is 83.9 Å². The highest BCUT2D eigenvalue weighted by Crippen LogP contribution is 2.32. The summed E-state index contributed by atoms with van der Waals surface area (Å²) >= 11 is 0. The average molecular weight is 488 g/mol. The van der Waals surface area contributed by atoms with Gasteiger partial charge in [0.2, 0.25) is 11.8 Å². The maximum atomic E-state index is 13.3. The summed E-state index contributed by atoms with van der Waals surface area (Å²) < 4.78 is 11.3. The first-order valence-corrected chi connectivity index (χ1v) is 11.7. The molecule has 1 N–H and O–H groups in total. The molecule has 0 saturated carbocycles. The number of nitrogens with zero attached hydrogens (tertiary/aromatic N) is 2. The van der Waals surface area contributed by atoms with Crippen LogP contribution in [0.3, 0.4) is 0 Å². The van der Waals surface area contributed by atoms with Gasteiger partial charge in [-0.1, -0.05) is 42.5 Å². The van der Waals surface area contributed by atoms with Gasteiger partial charge in [0.1, 0.15) is 13.2 Å². The minimum Gasteiger partial charge on any atom is -0.493 e. The fourth-order valence-corrected chi connectivity index (χ4v) is 4.19. The van der Waals surface area contributed by atoms with Crippen LogP contribution < -0.4 is 19.7 Å². The van der Waals surface area contributed by atoms with Crippen LogP contribution in [0.25, 0.3) is 0 Å². The second-order valence-electron chi connectivity index (χ2n) is 8.68. The molecular formula is C28H29N3O5. The predicted octanol–water partition coefficient (Wildman–Crippen LogP) is 4.11. The van der Waals surface area contributed by atoms with Gasteiger partial charge in [-0.15, -0.1) is 0 Å². The minimum atomic E-state index is -0.356. The standard InChI is InChI=1S/C28H29N3O5/c1-19-15-26(32)29-22-11-7-8-12-23(22)31(19)27(33)17-30(2)28(34)21-13-14-24(25(16-21)35-3)36-18-20-9-5-4-6-10-20/h4-14,16,19H,15,17-18H2,1-3H3,(H,29,32). The first-order valence-electron chi connectivity index (χ1n) is 11.7. The number of carbonyl (C=O) groups is 3. The third-order valence-electron chi connectivity index (χ3n) is 5.99. The number of nitrogens with one attached hydrogen (secondary N) is 1. The first-order chi connectivity index (χ1) is 17.4. The lowest BCUT2D eigenvalue weighted by molar-refractivity contribution is -0.119. The van der Waals surface area contributed by atoms with Crippen LogP contribution in [0.2, 0.25) is 0 Å². The van der Waals surface area contributed by atoms with Crippen LogP contribution in [0.4, 0.5) is 11.4 Å². The second kappa shape index (κ2) is 10.9. The summed E-state index contributed by atoms with van der Waals surface area (Å²) in [6, 6.07) is 21.5. The average Bonchev–Trinajstić information content (AvgIpc) is 3.01. The van der Waals surface area contributed by atoms with Crippen molar-refractivity contribution in [3.63, 3.8) is 0 Å². The van der Waals surface area contributed by atoms with Gasteiger partial charge in [0.25, 0.3) is 5.91 Å². The number of amides is 3. The fraction of sp³-hybridized carbons (Fsp3) is 0.250. The van der Waals surface area contributed by atoms with Gasteiger partial charge in [0, 0.05) is 25.1 Å². The molecule has 1 unspecified atom stereocenters. The van der Waals surface area contributed by atoms with E-state index in [2.05, 4.69) is 5.32 Å². The number of rotatable bonds is 7. The van der Waals surface area contributed by atoms with Gasteiger partial charge >= 0.3 is 0 Å². The molecule has 36 heavy (non-hydrogen) atoms. The van der Waals surface area contributed by atoms with Gasteiger partial charge in [-0.2, -0.15) is 0 Å². The highest BCUT2D eigenvalue weighted by atomic mass is 16.5. The smallest absolute Gasteiger partial charge is 0.254 e. The Morgan fingerprint density at radius 1 is 1.03 bits per heavy atom. The summed E-state index contributed by atoms with van der Waals surface area (Å²) in [5.74, 6) is 0.176. The van der Waals surface area contributed by atoms with Crippen LogP contribution in [-0.2, 0) is 16.2 Å². The lowest BCUT2D eigenvalue weighted by Crippen LogP contribution is -2.45. The number of carbonyl (C=O) groups excluding carboxylic acids is 3. The summed E-state index contributed by atoms with van der Waals surface area (Å²) in [6.07, 6.45) is 0.166. The van der Waals surface area contributed by atoms with Gasteiger partial charge < -0.3 is 24.6 Å². The van der Waals surface area contributed by atoms with E-state index < -0.39 is 0 Å². The molecular weight excluding hydrogens is 458 g/mol. The summed E-state index contributed by atoms with van der Waals surface area (Å²) in [5, 5.41) is 2.84. The van der Waals surface area contributed by atoms with Crippen LogP contribution in [0.15, 0.2) is 72.8 Å². The zero-order valence-electron chi connectivity index (χ0n) is 20.6. The molecule has 0 spiro atoms. The number of fused-ring (bicyclic) bond motifs is 1. The number of likely N-dealkylation sites (N-methyl/N-ethyl adjacent to an activating group) is 1. The SMILES string of the molecule is COc1cc(C(=O)N(C)CC(=O)N2c3ccccc3NC(=O)CC2C)ccc1OCc1ccccc1. The van der Waals surface area contributed by atoms with Gasteiger partial charge in [0.05, 0.1) is 18.5 Å². The Kier molecular flexibility index (Phi) is 7.53. The minimum absolute atomic E-state index is 0.153. The Morgan fingerprint density at radius 2 is 1.75 bits per heavy atom. The third kappa shape index (κ3) is 5.49. The van der Waals surface area contributed by atoms with Gasteiger partial charge in [-0.25, -0.2) is 0 Å². The molecule has 0 aliphatic carbocycles. The number of hydrogen-bond acceptors (Lipinski definition) is 5. The summed E-state index contributed by atoms with van der Waals surface area (Å²) in [5.41, 5.74) is 2.57. The van der Waals surface area contributed by atoms with Crippen LogP contribution >= 0.6 is 0 Å². The van der Waals surface area contributed by atoms with Crippen molar-refractivity contribution in [2.24, 2.45) is 0 Å². The van der Waals surface area contributed by atoms with Gasteiger partial charge in [0.15, 0.2) is 11.5 Å². The maximum Gasteiger partial charge on any atom is 0.254 e. The van der Waals surface area contributed by atoms with Crippen molar-refractivity contribution in [2.75, 3.05) is 30.9 Å². The third-order valence-corrected chi connectivity index (χ3v) is 5.99. The molecule has 0 radical (unpaired) electrons. The molecule has 1 aliphatic heterocycles. The highest BCUT2D eigenvalue weighted by molar-refractivity contribution is 6.06. The van der Waals surface area contributed by atoms with E-state index in [1.807, 2.05) is 43.3 Å². The van der Waals surface area contributed by atoms with Crippen molar-refractivity contribution in [1.82, 2.24) is 4.90 Å². The van der Waals surface area contributed by atoms with Crippen molar-refractivity contribution in [3.8, 4) is 11.5 Å². The highest BCUT2D eigenvalue weighted by Gasteiger charge is 2.30. The molecule has 1 atom stereocenters. The zero-order valence-corrected chi connectivity index (χ0v) is 20.6. The fourth-order valence-electron chi connectivity index (χ4n) is 4.19. The molecule has 3 aromatic rings. The predicted molar refractivity (Wildman–Crippen MR) is 137 cm³/mol. The van der Waals surface area contributed by atoms with Crippen molar-refractivity contribution < 1.29 is 23.9 Å². The van der Waals surface area contributed by atoms with E-state index in [1.165, 1.54) is 12.0 Å². The van der Waals surface area contributed by atoms with Crippen LogP contribution in [-0.4, -0.2) is 49.4 Å². The first kappa shape index (κ1) is 24.8. The molecule has 3 amide bonds. The quantitative estimate of drug-likeness (QED) is 0.542. The van der Waals surface area contributed by atoms with E-state index in [1.54, 1.807) is 48.3 Å². The summed E-state index contributed by atoms with van der Waals surface area (Å²) in [6.45, 7) is 2.03. The zero-order chi connectivity index (χ0) is 25.7. The molecule has 3 aromatic carbocycles. The van der Waals surface area contributed by atoms with E-state index in [0.29, 0.717) is 35.0 Å². The molecule has 8 heteroatoms. The number of para-hydroxylation sites is 2. The number of benzene rings is 3. The van der Waals surface area contributed by atoms with Crippen molar-refractivity contribution in [2.45, 2.75) is 26.0 Å². The number of ether oxygens (including phenoxy) is 2. The molecule has 4 rings (SSSR count). The Labute approximate surface area is 210 Å². The lowest BCUT2D eigenvalue weighted by atomic mass is 10.1. The molecule has 0 bridgehead atoms. The molecule has 0 aromatic heterocycles. The van der Waals surface area contributed by atoms with E-state index in [4.69, 9.17) is 9.47 Å². The van der Waals surface area contributed by atoms with E-state index in [-0.39, 0.29) is 36.7 Å². The second-order valence-corrected chi connectivity index (χ2v) is 8.68. The van der Waals surface area contributed by atoms with Gasteiger partial charge in [-0.3, -0.25) is 14.4 Å². The van der Waals surface area contributed by atoms with E-state index >= 15 is 0 Å². The molecule has 0 fully saturated rings. The molecule has 0 saturated heterocycles. The molecule has 186 valence electrons.